The number of fused-ring (bicyclic) bond motifs is 1. The van der Waals surface area contributed by atoms with Crippen molar-refractivity contribution < 1.29 is 4.39 Å². The zero-order valence-electron chi connectivity index (χ0n) is 9.51. The number of nitriles is 1. The number of aliphatic imine (C=N–C) groups is 1. The molecule has 0 fully saturated rings. The summed E-state index contributed by atoms with van der Waals surface area (Å²) in [5.41, 5.74) is 1.34. The van der Waals surface area contributed by atoms with Crippen LogP contribution in [0.4, 0.5) is 10.1 Å². The van der Waals surface area contributed by atoms with Crippen LogP contribution in [-0.4, -0.2) is 16.4 Å². The summed E-state index contributed by atoms with van der Waals surface area (Å²) in [6.07, 6.45) is 4.80. The van der Waals surface area contributed by atoms with Gasteiger partial charge in [0, 0.05) is 5.39 Å². The molecule has 1 heterocycles. The summed E-state index contributed by atoms with van der Waals surface area (Å²) in [5, 5.41) is 12.2. The molecule has 0 saturated carbocycles. The SMILES string of the molecule is CSC(=Nc1ccc2ncc(F)cc2c1)NC#N. The van der Waals surface area contributed by atoms with Crippen LogP contribution in [0.25, 0.3) is 10.9 Å². The lowest BCUT2D eigenvalue weighted by Gasteiger charge is -2.01. The molecule has 1 aromatic heterocycles. The van der Waals surface area contributed by atoms with E-state index in [9.17, 15) is 4.39 Å². The van der Waals surface area contributed by atoms with E-state index in [4.69, 9.17) is 5.26 Å². The van der Waals surface area contributed by atoms with E-state index < -0.39 is 0 Å². The molecular formula is C12H9FN4S. The summed E-state index contributed by atoms with van der Waals surface area (Å²) < 4.78 is 13.1. The molecule has 0 saturated heterocycles. The fraction of sp³-hybridized carbons (Fsp3) is 0.0833. The maximum atomic E-state index is 13.1. The highest BCUT2D eigenvalue weighted by Crippen LogP contribution is 2.21. The van der Waals surface area contributed by atoms with Crippen LogP contribution in [0.3, 0.4) is 0 Å². The van der Waals surface area contributed by atoms with Gasteiger partial charge < -0.3 is 0 Å². The van der Waals surface area contributed by atoms with Gasteiger partial charge in [-0.05, 0) is 30.5 Å². The highest BCUT2D eigenvalue weighted by Gasteiger charge is 2.00. The Morgan fingerprint density at radius 3 is 3.06 bits per heavy atom. The minimum atomic E-state index is -0.385. The highest BCUT2D eigenvalue weighted by molar-refractivity contribution is 8.13. The molecule has 18 heavy (non-hydrogen) atoms. The zero-order valence-corrected chi connectivity index (χ0v) is 10.3. The highest BCUT2D eigenvalue weighted by atomic mass is 32.2. The molecule has 2 rings (SSSR count). The first-order chi connectivity index (χ1) is 8.72. The number of rotatable bonds is 1. The van der Waals surface area contributed by atoms with Crippen molar-refractivity contribution in [2.45, 2.75) is 0 Å². The van der Waals surface area contributed by atoms with Gasteiger partial charge in [0.15, 0.2) is 11.4 Å². The predicted octanol–water partition coefficient (Wildman–Crippen LogP) is 2.80. The number of hydrogen-bond acceptors (Lipinski definition) is 4. The van der Waals surface area contributed by atoms with Crippen LogP contribution in [0.15, 0.2) is 35.5 Å². The number of nitrogens with one attached hydrogen (secondary N) is 1. The van der Waals surface area contributed by atoms with E-state index >= 15 is 0 Å². The molecule has 2 aromatic rings. The third-order valence-electron chi connectivity index (χ3n) is 2.22. The van der Waals surface area contributed by atoms with Crippen LogP contribution < -0.4 is 5.32 Å². The molecule has 6 heteroatoms. The molecule has 1 N–H and O–H groups in total. The summed E-state index contributed by atoms with van der Waals surface area (Å²) in [6, 6.07) is 6.65. The van der Waals surface area contributed by atoms with Gasteiger partial charge in [0.2, 0.25) is 0 Å². The quantitative estimate of drug-likeness (QED) is 0.370. The summed E-state index contributed by atoms with van der Waals surface area (Å²) in [5.74, 6) is -0.385. The average Bonchev–Trinajstić information content (AvgIpc) is 2.37. The maximum absolute atomic E-state index is 13.1. The predicted molar refractivity (Wildman–Crippen MR) is 71.1 cm³/mol. The first-order valence-electron chi connectivity index (χ1n) is 5.06. The van der Waals surface area contributed by atoms with Crippen molar-refractivity contribution in [1.29, 1.82) is 5.26 Å². The molecule has 0 bridgehead atoms. The number of aromatic nitrogens is 1. The average molecular weight is 260 g/mol. The molecule has 0 aliphatic rings. The van der Waals surface area contributed by atoms with Crippen molar-refractivity contribution in [1.82, 2.24) is 10.3 Å². The van der Waals surface area contributed by atoms with E-state index in [1.54, 1.807) is 18.2 Å². The van der Waals surface area contributed by atoms with Crippen LogP contribution in [-0.2, 0) is 0 Å². The van der Waals surface area contributed by atoms with Crippen molar-refractivity contribution >= 4 is 33.5 Å². The number of amidine groups is 1. The van der Waals surface area contributed by atoms with E-state index in [1.165, 1.54) is 24.0 Å². The Hall–Kier alpha value is -2.13. The molecule has 0 atom stereocenters. The summed E-state index contributed by atoms with van der Waals surface area (Å²) in [6.45, 7) is 0. The van der Waals surface area contributed by atoms with Crippen LogP contribution in [0, 0.1) is 17.3 Å². The Labute approximate surface area is 108 Å². The van der Waals surface area contributed by atoms with Gasteiger partial charge in [0.25, 0.3) is 0 Å². The minimum Gasteiger partial charge on any atom is -0.271 e. The Morgan fingerprint density at radius 1 is 1.50 bits per heavy atom. The van der Waals surface area contributed by atoms with Crippen molar-refractivity contribution in [2.24, 2.45) is 4.99 Å². The largest absolute Gasteiger partial charge is 0.271 e. The third-order valence-corrected chi connectivity index (χ3v) is 2.80. The normalized spacial score (nSPS) is 11.3. The fourth-order valence-corrected chi connectivity index (χ4v) is 1.80. The lowest BCUT2D eigenvalue weighted by atomic mass is 10.2. The van der Waals surface area contributed by atoms with Gasteiger partial charge in [-0.3, -0.25) is 10.3 Å². The second-order valence-corrected chi connectivity index (χ2v) is 4.18. The number of halogens is 1. The van der Waals surface area contributed by atoms with Crippen LogP contribution in [0.1, 0.15) is 0 Å². The Kier molecular flexibility index (Phi) is 3.75. The summed E-state index contributed by atoms with van der Waals surface area (Å²) in [7, 11) is 0. The smallest absolute Gasteiger partial charge is 0.183 e. The van der Waals surface area contributed by atoms with Gasteiger partial charge in [-0.25, -0.2) is 9.38 Å². The van der Waals surface area contributed by atoms with Crippen LogP contribution in [0.5, 0.6) is 0 Å². The van der Waals surface area contributed by atoms with Crippen molar-refractivity contribution in [3.8, 4) is 6.19 Å². The number of hydrogen-bond donors (Lipinski definition) is 1. The summed E-state index contributed by atoms with van der Waals surface area (Å²) in [4.78, 5) is 8.20. The lowest BCUT2D eigenvalue weighted by Crippen LogP contribution is -2.12. The van der Waals surface area contributed by atoms with E-state index in [2.05, 4.69) is 15.3 Å². The molecule has 0 aliphatic heterocycles. The molecule has 0 unspecified atom stereocenters. The standard InChI is InChI=1S/C12H9FN4S/c1-18-12(16-7-14)17-10-2-3-11-8(5-10)4-9(13)6-15-11/h2-6H,1H3,(H,16,17). The molecular weight excluding hydrogens is 251 g/mol. The Morgan fingerprint density at radius 2 is 2.33 bits per heavy atom. The van der Waals surface area contributed by atoms with Crippen molar-refractivity contribution in [3.63, 3.8) is 0 Å². The summed E-state index contributed by atoms with van der Waals surface area (Å²) >= 11 is 1.32. The molecule has 1 aromatic carbocycles. The van der Waals surface area contributed by atoms with E-state index in [0.29, 0.717) is 21.8 Å². The second kappa shape index (κ2) is 5.47. The second-order valence-electron chi connectivity index (χ2n) is 3.39. The molecule has 0 radical (unpaired) electrons. The van der Waals surface area contributed by atoms with Gasteiger partial charge in [-0.1, -0.05) is 11.8 Å². The van der Waals surface area contributed by atoms with Gasteiger partial charge in [0.1, 0.15) is 5.82 Å². The van der Waals surface area contributed by atoms with Gasteiger partial charge in [-0.15, -0.1) is 0 Å². The van der Waals surface area contributed by atoms with Gasteiger partial charge in [0.05, 0.1) is 17.4 Å². The van der Waals surface area contributed by atoms with Gasteiger partial charge in [-0.2, -0.15) is 5.26 Å². The maximum Gasteiger partial charge on any atom is 0.183 e. The van der Waals surface area contributed by atoms with E-state index in [-0.39, 0.29) is 5.82 Å². The fourth-order valence-electron chi connectivity index (χ4n) is 1.45. The molecule has 0 amide bonds. The monoisotopic (exact) mass is 260 g/mol. The van der Waals surface area contributed by atoms with Gasteiger partial charge >= 0.3 is 0 Å². The minimum absolute atomic E-state index is 0.385. The van der Waals surface area contributed by atoms with Crippen LogP contribution in [0.2, 0.25) is 0 Å². The zero-order chi connectivity index (χ0) is 13.0. The molecule has 0 aliphatic carbocycles. The lowest BCUT2D eigenvalue weighted by molar-refractivity contribution is 0.624. The number of thioether (sulfide) groups is 1. The van der Waals surface area contributed by atoms with Crippen molar-refractivity contribution in [2.75, 3.05) is 6.26 Å². The van der Waals surface area contributed by atoms with E-state index in [0.717, 1.165) is 0 Å². The first kappa shape index (κ1) is 12.3. The number of pyridine rings is 1. The molecule has 90 valence electrons. The molecule has 4 nitrogen and oxygen atoms in total. The van der Waals surface area contributed by atoms with Crippen LogP contribution >= 0.6 is 11.8 Å². The Balaban J connectivity index is 2.43. The van der Waals surface area contributed by atoms with Crippen molar-refractivity contribution in [3.05, 3.63) is 36.3 Å². The number of benzene rings is 1. The molecule has 0 spiro atoms. The topological polar surface area (TPSA) is 61.1 Å². The third kappa shape index (κ3) is 2.76. The Bertz CT molecular complexity index is 648. The van der Waals surface area contributed by atoms with E-state index in [1.807, 2.05) is 12.4 Å². The number of nitrogens with zero attached hydrogens (tertiary/aromatic N) is 3. The first-order valence-corrected chi connectivity index (χ1v) is 6.28.